The molecule has 1 amide bonds. The predicted octanol–water partition coefficient (Wildman–Crippen LogP) is 1.42. The Hall–Kier alpha value is -2.07. The molecule has 24 heavy (non-hydrogen) atoms. The van der Waals surface area contributed by atoms with Crippen molar-refractivity contribution in [1.82, 2.24) is 4.72 Å². The van der Waals surface area contributed by atoms with Crippen LogP contribution in [0.5, 0.6) is 0 Å². The van der Waals surface area contributed by atoms with Crippen LogP contribution < -0.4 is 10.0 Å². The zero-order valence-electron chi connectivity index (χ0n) is 12.5. The third kappa shape index (κ3) is 3.70. The van der Waals surface area contributed by atoms with Gasteiger partial charge in [0, 0.05) is 5.69 Å². The van der Waals surface area contributed by atoms with E-state index in [0.717, 1.165) is 6.07 Å². The molecule has 0 heterocycles. The summed E-state index contributed by atoms with van der Waals surface area (Å²) in [5, 5.41) is 10.8. The van der Waals surface area contributed by atoms with Gasteiger partial charge in [-0.3, -0.25) is 9.59 Å². The molecule has 0 spiro atoms. The number of carbonyl (C=O) groups is 2. The highest BCUT2D eigenvalue weighted by atomic mass is 32.2. The minimum absolute atomic E-state index is 0.0464. The Morgan fingerprint density at radius 3 is 2.46 bits per heavy atom. The number of carboxylic acid groups (broad SMARTS) is 1. The highest BCUT2D eigenvalue weighted by Crippen LogP contribution is 2.46. The molecule has 0 unspecified atom stereocenters. The van der Waals surface area contributed by atoms with E-state index in [-0.39, 0.29) is 23.4 Å². The largest absolute Gasteiger partial charge is 0.480 e. The lowest BCUT2D eigenvalue weighted by Crippen LogP contribution is -2.47. The molecule has 0 aromatic heterocycles. The summed E-state index contributed by atoms with van der Waals surface area (Å²) in [6.07, 6.45) is -2.11. The molecule has 1 aliphatic rings. The van der Waals surface area contributed by atoms with Crippen molar-refractivity contribution in [3.8, 4) is 0 Å². The molecule has 1 aromatic carbocycles. The molecule has 3 N–H and O–H groups in total. The maximum Gasteiger partial charge on any atom is 0.318 e. The molecular weight excluding hydrogens is 346 g/mol. The van der Waals surface area contributed by atoms with Crippen molar-refractivity contribution in [1.29, 1.82) is 0 Å². The molecular formula is C14H16F2N2O5S. The molecule has 0 atom stereocenters. The van der Waals surface area contributed by atoms with Crippen LogP contribution in [0.15, 0.2) is 29.2 Å². The van der Waals surface area contributed by atoms with Gasteiger partial charge >= 0.3 is 5.97 Å². The van der Waals surface area contributed by atoms with Gasteiger partial charge in [0.25, 0.3) is 6.43 Å². The molecule has 0 bridgehead atoms. The lowest BCUT2D eigenvalue weighted by atomic mass is 9.68. The number of rotatable bonds is 7. The summed E-state index contributed by atoms with van der Waals surface area (Å²) < 4.78 is 52.0. The van der Waals surface area contributed by atoms with E-state index in [1.54, 1.807) is 0 Å². The Morgan fingerprint density at radius 2 is 1.96 bits per heavy atom. The van der Waals surface area contributed by atoms with Gasteiger partial charge in [-0.05, 0) is 31.0 Å². The Morgan fingerprint density at radius 1 is 1.29 bits per heavy atom. The number of anilines is 1. The van der Waals surface area contributed by atoms with Crippen LogP contribution >= 0.6 is 0 Å². The van der Waals surface area contributed by atoms with Crippen molar-refractivity contribution in [2.24, 2.45) is 5.41 Å². The molecule has 0 aliphatic heterocycles. The summed E-state index contributed by atoms with van der Waals surface area (Å²) in [5.41, 5.74) is -1.68. The Balaban J connectivity index is 2.16. The number of hydrogen-bond donors (Lipinski definition) is 3. The highest BCUT2D eigenvalue weighted by Gasteiger charge is 2.51. The molecule has 0 radical (unpaired) electrons. The van der Waals surface area contributed by atoms with Gasteiger partial charge in [0.15, 0.2) is 0 Å². The highest BCUT2D eigenvalue weighted by molar-refractivity contribution is 7.89. The molecule has 7 nitrogen and oxygen atoms in total. The number of sulfonamides is 1. The van der Waals surface area contributed by atoms with Crippen molar-refractivity contribution >= 4 is 27.6 Å². The molecule has 1 saturated carbocycles. The minimum atomic E-state index is -4.09. The standard InChI is InChI=1S/C14H16F2N2O5S/c15-12(16)14(5-2-6-14)13(21)18-9-3-1-4-10(7-9)24(22,23)17-8-11(19)20/h1,3-4,7,12,17H,2,5-6,8H2,(H,18,21)(H,19,20). The number of carbonyl (C=O) groups excluding carboxylic acids is 1. The van der Waals surface area contributed by atoms with Gasteiger partial charge < -0.3 is 10.4 Å². The normalized spacial score (nSPS) is 16.5. The molecule has 132 valence electrons. The predicted molar refractivity (Wildman–Crippen MR) is 80.2 cm³/mol. The van der Waals surface area contributed by atoms with Crippen LogP contribution in [0, 0.1) is 5.41 Å². The quantitative estimate of drug-likeness (QED) is 0.679. The zero-order valence-corrected chi connectivity index (χ0v) is 13.3. The smallest absolute Gasteiger partial charge is 0.318 e. The van der Waals surface area contributed by atoms with Gasteiger partial charge in [0.2, 0.25) is 15.9 Å². The topological polar surface area (TPSA) is 113 Å². The number of amides is 1. The number of aliphatic carboxylic acids is 1. The summed E-state index contributed by atoms with van der Waals surface area (Å²) in [5.74, 6) is -2.20. The van der Waals surface area contributed by atoms with Crippen LogP contribution in [-0.2, 0) is 19.6 Å². The molecule has 1 fully saturated rings. The van der Waals surface area contributed by atoms with Gasteiger partial charge in [-0.15, -0.1) is 0 Å². The van der Waals surface area contributed by atoms with E-state index in [1.165, 1.54) is 18.2 Å². The fourth-order valence-electron chi connectivity index (χ4n) is 2.34. The third-order valence-corrected chi connectivity index (χ3v) is 5.33. The summed E-state index contributed by atoms with van der Waals surface area (Å²) in [6.45, 7) is -0.798. The Labute approximate surface area is 137 Å². The van der Waals surface area contributed by atoms with Crippen LogP contribution in [0.25, 0.3) is 0 Å². The third-order valence-electron chi connectivity index (χ3n) is 3.93. The first-order valence-corrected chi connectivity index (χ1v) is 8.57. The summed E-state index contributed by atoms with van der Waals surface area (Å²) in [6, 6.07) is 4.97. The molecule has 1 aromatic rings. The first kappa shape index (κ1) is 18.3. The molecule has 2 rings (SSSR count). The van der Waals surface area contributed by atoms with Crippen LogP contribution in [0.3, 0.4) is 0 Å². The second kappa shape index (κ2) is 6.81. The van der Waals surface area contributed by atoms with Crippen molar-refractivity contribution in [2.75, 3.05) is 11.9 Å². The van der Waals surface area contributed by atoms with Crippen LogP contribution in [0.2, 0.25) is 0 Å². The molecule has 1 aliphatic carbocycles. The maximum absolute atomic E-state index is 13.1. The van der Waals surface area contributed by atoms with E-state index >= 15 is 0 Å². The second-order valence-electron chi connectivity index (χ2n) is 5.51. The number of carboxylic acids is 1. The molecule has 10 heteroatoms. The van der Waals surface area contributed by atoms with Crippen LogP contribution in [-0.4, -0.2) is 38.4 Å². The number of nitrogens with one attached hydrogen (secondary N) is 2. The number of hydrogen-bond acceptors (Lipinski definition) is 4. The van der Waals surface area contributed by atoms with Crippen LogP contribution in [0.1, 0.15) is 19.3 Å². The first-order chi connectivity index (χ1) is 11.2. The minimum Gasteiger partial charge on any atom is -0.480 e. The van der Waals surface area contributed by atoms with E-state index in [1.807, 2.05) is 4.72 Å². The Kier molecular flexibility index (Phi) is 5.19. The van der Waals surface area contributed by atoms with Gasteiger partial charge in [-0.1, -0.05) is 12.5 Å². The van der Waals surface area contributed by atoms with Gasteiger partial charge in [-0.25, -0.2) is 17.2 Å². The van der Waals surface area contributed by atoms with Gasteiger partial charge in [-0.2, -0.15) is 4.72 Å². The number of alkyl halides is 2. The van der Waals surface area contributed by atoms with E-state index < -0.39 is 40.3 Å². The zero-order chi connectivity index (χ0) is 18.0. The SMILES string of the molecule is O=C(O)CNS(=O)(=O)c1cccc(NC(=O)C2(C(F)F)CCC2)c1. The Bertz CT molecular complexity index is 747. The molecule has 0 saturated heterocycles. The maximum atomic E-state index is 13.1. The average Bonchev–Trinajstić information content (AvgIpc) is 2.44. The second-order valence-corrected chi connectivity index (χ2v) is 7.28. The number of halogens is 2. The fourth-order valence-corrected chi connectivity index (χ4v) is 3.36. The summed E-state index contributed by atoms with van der Waals surface area (Å²) >= 11 is 0. The van der Waals surface area contributed by atoms with E-state index in [2.05, 4.69) is 5.32 Å². The number of benzene rings is 1. The summed E-state index contributed by atoms with van der Waals surface area (Å²) in [4.78, 5) is 22.3. The lowest BCUT2D eigenvalue weighted by Gasteiger charge is -2.39. The van der Waals surface area contributed by atoms with Crippen molar-refractivity contribution in [2.45, 2.75) is 30.6 Å². The van der Waals surface area contributed by atoms with E-state index in [4.69, 9.17) is 5.11 Å². The fraction of sp³-hybridized carbons (Fsp3) is 0.429. The van der Waals surface area contributed by atoms with Crippen molar-refractivity contribution in [3.63, 3.8) is 0 Å². The van der Waals surface area contributed by atoms with Gasteiger partial charge in [0.1, 0.15) is 12.0 Å². The van der Waals surface area contributed by atoms with E-state index in [9.17, 15) is 26.8 Å². The summed E-state index contributed by atoms with van der Waals surface area (Å²) in [7, 11) is -4.09. The van der Waals surface area contributed by atoms with Crippen molar-refractivity contribution in [3.05, 3.63) is 24.3 Å². The van der Waals surface area contributed by atoms with E-state index in [0.29, 0.717) is 6.42 Å². The van der Waals surface area contributed by atoms with Crippen molar-refractivity contribution < 1.29 is 31.9 Å². The first-order valence-electron chi connectivity index (χ1n) is 7.08. The monoisotopic (exact) mass is 362 g/mol. The lowest BCUT2D eigenvalue weighted by molar-refractivity contribution is -0.144. The average molecular weight is 362 g/mol. The van der Waals surface area contributed by atoms with Gasteiger partial charge in [0.05, 0.1) is 4.90 Å². The van der Waals surface area contributed by atoms with Crippen LogP contribution in [0.4, 0.5) is 14.5 Å².